The van der Waals surface area contributed by atoms with E-state index in [1.54, 1.807) is 47.9 Å². The van der Waals surface area contributed by atoms with E-state index in [1.165, 1.54) is 12.4 Å². The van der Waals surface area contributed by atoms with Gasteiger partial charge in [-0.15, -0.1) is 6.42 Å². The average molecular weight is 359 g/mol. The van der Waals surface area contributed by atoms with E-state index in [2.05, 4.69) is 15.9 Å². The molecule has 0 fully saturated rings. The first-order valence-corrected chi connectivity index (χ1v) is 8.26. The lowest BCUT2D eigenvalue weighted by Gasteiger charge is -2.12. The molecule has 2 aromatic carbocycles. The van der Waals surface area contributed by atoms with E-state index in [0.717, 1.165) is 0 Å². The molecule has 132 valence electrons. The number of aromatic carboxylic acids is 1. The second-order valence-electron chi connectivity index (χ2n) is 6.16. The van der Waals surface area contributed by atoms with Crippen LogP contribution in [0.3, 0.4) is 0 Å². The Morgan fingerprint density at radius 1 is 1.26 bits per heavy atom. The third-order valence-electron chi connectivity index (χ3n) is 4.53. The van der Waals surface area contributed by atoms with Gasteiger partial charge in [0.2, 0.25) is 0 Å². The maximum Gasteiger partial charge on any atom is 0.356 e. The number of carboxylic acid groups (broad SMARTS) is 1. The Morgan fingerprint density at radius 2 is 2.04 bits per heavy atom. The van der Waals surface area contributed by atoms with Crippen molar-refractivity contribution in [2.24, 2.45) is 4.99 Å². The predicted molar refractivity (Wildman–Crippen MR) is 98.9 cm³/mol. The SMILES string of the molecule is C#Cc1ccc2c(c1)C(c1ccccc1F)=N[C@H](C)c1c(C(=O)O)ncn1-2. The van der Waals surface area contributed by atoms with Crippen LogP contribution >= 0.6 is 0 Å². The molecular formula is C21H14FN3O2. The van der Waals surface area contributed by atoms with Crippen LogP contribution < -0.4 is 0 Å². The number of rotatable bonds is 2. The van der Waals surface area contributed by atoms with Crippen LogP contribution in [0.5, 0.6) is 0 Å². The Kier molecular flexibility index (Phi) is 3.85. The normalized spacial score (nSPS) is 15.1. The molecular weight excluding hydrogens is 345 g/mol. The summed E-state index contributed by atoms with van der Waals surface area (Å²) in [6, 6.07) is 11.1. The van der Waals surface area contributed by atoms with Gasteiger partial charge in [-0.2, -0.15) is 0 Å². The molecule has 4 rings (SSSR count). The lowest BCUT2D eigenvalue weighted by molar-refractivity contribution is 0.0689. The highest BCUT2D eigenvalue weighted by Gasteiger charge is 2.29. The summed E-state index contributed by atoms with van der Waals surface area (Å²) >= 11 is 0. The van der Waals surface area contributed by atoms with Gasteiger partial charge in [0.1, 0.15) is 12.1 Å². The number of halogens is 1. The van der Waals surface area contributed by atoms with Crippen molar-refractivity contribution in [3.8, 4) is 18.0 Å². The number of terminal acetylenes is 1. The number of aromatic nitrogens is 2. The monoisotopic (exact) mass is 359 g/mol. The molecule has 0 saturated carbocycles. The summed E-state index contributed by atoms with van der Waals surface area (Å²) in [5.41, 5.74) is 3.00. The van der Waals surface area contributed by atoms with E-state index in [1.807, 2.05) is 0 Å². The molecule has 1 atom stereocenters. The van der Waals surface area contributed by atoms with Crippen molar-refractivity contribution < 1.29 is 14.3 Å². The van der Waals surface area contributed by atoms with Crippen LogP contribution in [0.2, 0.25) is 0 Å². The predicted octanol–water partition coefficient (Wildman–Crippen LogP) is 3.60. The zero-order valence-electron chi connectivity index (χ0n) is 14.3. The van der Waals surface area contributed by atoms with Crippen LogP contribution in [0.1, 0.15) is 45.8 Å². The van der Waals surface area contributed by atoms with Crippen molar-refractivity contribution in [3.05, 3.63) is 82.7 Å². The summed E-state index contributed by atoms with van der Waals surface area (Å²) in [5, 5.41) is 9.49. The van der Waals surface area contributed by atoms with Gasteiger partial charge >= 0.3 is 5.97 Å². The number of imidazole rings is 1. The number of aliphatic imine (C=N–C) groups is 1. The fraction of sp³-hybridized carbons (Fsp3) is 0.0952. The molecule has 5 nitrogen and oxygen atoms in total. The molecule has 1 N–H and O–H groups in total. The van der Waals surface area contributed by atoms with Crippen molar-refractivity contribution >= 4 is 11.7 Å². The van der Waals surface area contributed by atoms with Crippen molar-refractivity contribution in [2.75, 3.05) is 0 Å². The summed E-state index contributed by atoms with van der Waals surface area (Å²) in [5.74, 6) is 1.02. The van der Waals surface area contributed by atoms with Gasteiger partial charge in [0.05, 0.1) is 23.1 Å². The minimum atomic E-state index is -1.14. The van der Waals surface area contributed by atoms with E-state index < -0.39 is 17.8 Å². The van der Waals surface area contributed by atoms with Crippen molar-refractivity contribution in [1.29, 1.82) is 0 Å². The zero-order chi connectivity index (χ0) is 19.1. The average Bonchev–Trinajstić information content (AvgIpc) is 3.07. The molecule has 0 aliphatic carbocycles. The second-order valence-corrected chi connectivity index (χ2v) is 6.16. The summed E-state index contributed by atoms with van der Waals surface area (Å²) in [4.78, 5) is 20.3. The number of benzene rings is 2. The molecule has 0 saturated heterocycles. The summed E-state index contributed by atoms with van der Waals surface area (Å²) in [6.07, 6.45) is 6.99. The highest BCUT2D eigenvalue weighted by molar-refractivity contribution is 6.15. The van der Waals surface area contributed by atoms with E-state index in [-0.39, 0.29) is 5.69 Å². The lowest BCUT2D eigenvalue weighted by atomic mass is 9.98. The maximum atomic E-state index is 14.5. The van der Waals surface area contributed by atoms with E-state index >= 15 is 0 Å². The Hall–Kier alpha value is -3.72. The second kappa shape index (κ2) is 6.22. The molecule has 3 aromatic rings. The van der Waals surface area contributed by atoms with Crippen LogP contribution in [0.4, 0.5) is 4.39 Å². The molecule has 6 heteroatoms. The Balaban J connectivity index is 2.08. The standard InChI is InChI=1S/C21H14FN3O2/c1-3-13-8-9-17-15(10-13)18(14-6-4-5-7-16(14)22)24-12(2)20-19(21(26)27)23-11-25(17)20/h1,4-12H,2H3,(H,26,27)/t12-/m1/s1. The van der Waals surface area contributed by atoms with Gasteiger partial charge in [-0.3, -0.25) is 9.56 Å². The van der Waals surface area contributed by atoms with Crippen molar-refractivity contribution in [2.45, 2.75) is 13.0 Å². The van der Waals surface area contributed by atoms with Crippen molar-refractivity contribution in [1.82, 2.24) is 9.55 Å². The Morgan fingerprint density at radius 3 is 2.74 bits per heavy atom. The summed E-state index contributed by atoms with van der Waals surface area (Å²) in [7, 11) is 0. The molecule has 2 heterocycles. The third-order valence-corrected chi connectivity index (χ3v) is 4.53. The van der Waals surface area contributed by atoms with Gasteiger partial charge in [-0.05, 0) is 37.3 Å². The van der Waals surface area contributed by atoms with Crippen LogP contribution in [0.15, 0.2) is 53.8 Å². The van der Waals surface area contributed by atoms with Gasteiger partial charge in [0.15, 0.2) is 5.69 Å². The first kappa shape index (κ1) is 16.7. The largest absolute Gasteiger partial charge is 0.476 e. The lowest BCUT2D eigenvalue weighted by Crippen LogP contribution is -2.09. The van der Waals surface area contributed by atoms with Gasteiger partial charge in [-0.25, -0.2) is 14.2 Å². The molecule has 1 aromatic heterocycles. The number of fused-ring (bicyclic) bond motifs is 3. The molecule has 0 bridgehead atoms. The van der Waals surface area contributed by atoms with Gasteiger partial charge < -0.3 is 5.11 Å². The first-order valence-electron chi connectivity index (χ1n) is 8.26. The Labute approximate surface area is 154 Å². The Bertz CT molecular complexity index is 1150. The fourth-order valence-corrected chi connectivity index (χ4v) is 3.33. The van der Waals surface area contributed by atoms with Gasteiger partial charge in [-0.1, -0.05) is 18.1 Å². The molecule has 0 radical (unpaired) electrons. The minimum absolute atomic E-state index is 0.0759. The summed E-state index contributed by atoms with van der Waals surface area (Å²) in [6.45, 7) is 1.76. The molecule has 0 unspecified atom stereocenters. The van der Waals surface area contributed by atoms with Crippen LogP contribution in [-0.2, 0) is 0 Å². The number of carbonyl (C=O) groups is 1. The molecule has 1 aliphatic rings. The quantitative estimate of drug-likeness (QED) is 0.711. The van der Waals surface area contributed by atoms with E-state index in [9.17, 15) is 14.3 Å². The van der Waals surface area contributed by atoms with Crippen molar-refractivity contribution in [3.63, 3.8) is 0 Å². The third kappa shape index (κ3) is 2.61. The number of hydrogen-bond acceptors (Lipinski definition) is 3. The summed E-state index contributed by atoms with van der Waals surface area (Å²) < 4.78 is 16.2. The van der Waals surface area contributed by atoms with E-state index in [4.69, 9.17) is 6.42 Å². The molecule has 0 spiro atoms. The number of hydrogen-bond donors (Lipinski definition) is 1. The van der Waals surface area contributed by atoms with Crippen LogP contribution in [0.25, 0.3) is 5.69 Å². The number of carboxylic acids is 1. The molecule has 1 aliphatic heterocycles. The number of nitrogens with zero attached hydrogens (tertiary/aromatic N) is 3. The topological polar surface area (TPSA) is 67.5 Å². The first-order chi connectivity index (χ1) is 13.0. The van der Waals surface area contributed by atoms with E-state index in [0.29, 0.717) is 33.8 Å². The molecule has 0 amide bonds. The smallest absolute Gasteiger partial charge is 0.356 e. The zero-order valence-corrected chi connectivity index (χ0v) is 14.3. The minimum Gasteiger partial charge on any atom is -0.476 e. The molecule has 27 heavy (non-hydrogen) atoms. The fourth-order valence-electron chi connectivity index (χ4n) is 3.33. The maximum absolute atomic E-state index is 14.5. The highest BCUT2D eigenvalue weighted by Crippen LogP contribution is 2.33. The van der Waals surface area contributed by atoms with Crippen LogP contribution in [0, 0.1) is 18.2 Å². The van der Waals surface area contributed by atoms with Gasteiger partial charge in [0.25, 0.3) is 0 Å². The highest BCUT2D eigenvalue weighted by atomic mass is 19.1. The van der Waals surface area contributed by atoms with Gasteiger partial charge in [0, 0.05) is 16.7 Å². The van der Waals surface area contributed by atoms with Crippen LogP contribution in [-0.4, -0.2) is 26.3 Å².